The number of nitrogens with one attached hydrogen (secondary N) is 1. The number of amides is 1. The van der Waals surface area contributed by atoms with Crippen LogP contribution in [-0.2, 0) is 7.05 Å². The average Bonchev–Trinajstić information content (AvgIpc) is 2.94. The molecule has 6 nitrogen and oxygen atoms in total. The van der Waals surface area contributed by atoms with Gasteiger partial charge in [-0.3, -0.25) is 14.8 Å². The second kappa shape index (κ2) is 4.36. The topological polar surface area (TPSA) is 85.8 Å². The number of nitrogen functional groups attached to an aromatic ring is 1. The fraction of sp³-hybridized carbons (Fsp3) is 0.0833. The van der Waals surface area contributed by atoms with Crippen LogP contribution in [0, 0.1) is 0 Å². The first-order valence-corrected chi connectivity index (χ1v) is 6.39. The number of anilines is 2. The maximum atomic E-state index is 11.9. The highest BCUT2D eigenvalue weighted by atomic mass is 32.1. The van der Waals surface area contributed by atoms with Crippen LogP contribution in [0.5, 0.6) is 0 Å². The van der Waals surface area contributed by atoms with E-state index in [0.29, 0.717) is 16.4 Å². The van der Waals surface area contributed by atoms with Gasteiger partial charge in [-0.05, 0) is 18.2 Å². The zero-order chi connectivity index (χ0) is 13.4. The van der Waals surface area contributed by atoms with Crippen LogP contribution in [0.25, 0.3) is 10.2 Å². The highest BCUT2D eigenvalue weighted by molar-refractivity contribution is 7.22. The van der Waals surface area contributed by atoms with Crippen LogP contribution >= 0.6 is 11.3 Å². The molecule has 0 aliphatic carbocycles. The molecule has 1 aromatic carbocycles. The van der Waals surface area contributed by atoms with Crippen molar-refractivity contribution >= 4 is 38.3 Å². The second-order valence-electron chi connectivity index (χ2n) is 4.10. The third-order valence-electron chi connectivity index (χ3n) is 2.60. The van der Waals surface area contributed by atoms with Crippen molar-refractivity contribution in [2.75, 3.05) is 11.1 Å². The molecule has 0 bridgehead atoms. The van der Waals surface area contributed by atoms with Crippen molar-refractivity contribution in [2.45, 2.75) is 0 Å². The van der Waals surface area contributed by atoms with Crippen LogP contribution in [0.4, 0.5) is 10.8 Å². The van der Waals surface area contributed by atoms with E-state index in [1.165, 1.54) is 17.5 Å². The van der Waals surface area contributed by atoms with Crippen LogP contribution < -0.4 is 11.1 Å². The Bertz CT molecular complexity index is 760. The number of thiazole rings is 1. The molecule has 96 valence electrons. The van der Waals surface area contributed by atoms with Gasteiger partial charge in [0.2, 0.25) is 0 Å². The van der Waals surface area contributed by atoms with E-state index in [2.05, 4.69) is 15.4 Å². The number of benzene rings is 1. The maximum absolute atomic E-state index is 11.9. The molecule has 2 heterocycles. The minimum atomic E-state index is -0.222. The number of nitrogens with zero attached hydrogens (tertiary/aromatic N) is 3. The number of hydrogen-bond donors (Lipinski definition) is 2. The highest BCUT2D eigenvalue weighted by Gasteiger charge is 2.11. The van der Waals surface area contributed by atoms with E-state index in [4.69, 9.17) is 5.73 Å². The van der Waals surface area contributed by atoms with E-state index < -0.39 is 0 Å². The quantitative estimate of drug-likeness (QED) is 0.698. The molecule has 0 atom stereocenters. The Morgan fingerprint density at radius 3 is 3.05 bits per heavy atom. The summed E-state index contributed by atoms with van der Waals surface area (Å²) in [6.45, 7) is 0. The van der Waals surface area contributed by atoms with E-state index in [0.717, 1.165) is 10.2 Å². The second-order valence-corrected chi connectivity index (χ2v) is 5.13. The summed E-state index contributed by atoms with van der Waals surface area (Å²) in [6.07, 6.45) is 3.17. The Morgan fingerprint density at radius 2 is 2.32 bits per heavy atom. The highest BCUT2D eigenvalue weighted by Crippen LogP contribution is 2.27. The zero-order valence-electron chi connectivity index (χ0n) is 10.1. The first-order valence-electron chi connectivity index (χ1n) is 5.58. The van der Waals surface area contributed by atoms with Crippen LogP contribution in [0.3, 0.4) is 0 Å². The molecule has 0 fully saturated rings. The maximum Gasteiger partial charge on any atom is 0.260 e. The van der Waals surface area contributed by atoms with E-state index in [9.17, 15) is 4.79 Å². The predicted octanol–water partition coefficient (Wildman–Crippen LogP) is 1.86. The molecule has 0 saturated heterocycles. The van der Waals surface area contributed by atoms with Crippen LogP contribution in [-0.4, -0.2) is 20.7 Å². The molecule has 3 aromatic rings. The van der Waals surface area contributed by atoms with Gasteiger partial charge in [-0.15, -0.1) is 0 Å². The number of carbonyl (C=O) groups is 1. The summed E-state index contributed by atoms with van der Waals surface area (Å²) in [4.78, 5) is 16.3. The lowest BCUT2D eigenvalue weighted by Crippen LogP contribution is -2.10. The lowest BCUT2D eigenvalue weighted by molar-refractivity contribution is 0.102. The number of hydrogen-bond acceptors (Lipinski definition) is 5. The summed E-state index contributed by atoms with van der Waals surface area (Å²) < 4.78 is 2.52. The van der Waals surface area contributed by atoms with Gasteiger partial charge >= 0.3 is 0 Å². The zero-order valence-corrected chi connectivity index (χ0v) is 10.9. The minimum Gasteiger partial charge on any atom is -0.399 e. The van der Waals surface area contributed by atoms with Gasteiger partial charge in [0, 0.05) is 18.9 Å². The Balaban J connectivity index is 1.87. The third kappa shape index (κ3) is 2.27. The van der Waals surface area contributed by atoms with E-state index in [-0.39, 0.29) is 5.91 Å². The van der Waals surface area contributed by atoms with Crippen molar-refractivity contribution in [3.8, 4) is 0 Å². The third-order valence-corrected chi connectivity index (χ3v) is 3.53. The first-order chi connectivity index (χ1) is 9.11. The number of carbonyl (C=O) groups excluding carboxylic acids is 1. The number of rotatable bonds is 2. The molecule has 0 unspecified atom stereocenters. The van der Waals surface area contributed by atoms with Gasteiger partial charge in [-0.1, -0.05) is 11.3 Å². The van der Waals surface area contributed by atoms with Gasteiger partial charge in [0.15, 0.2) is 5.13 Å². The van der Waals surface area contributed by atoms with E-state index in [1.807, 2.05) is 12.1 Å². The Hall–Kier alpha value is -2.41. The molecule has 19 heavy (non-hydrogen) atoms. The van der Waals surface area contributed by atoms with Gasteiger partial charge < -0.3 is 5.73 Å². The van der Waals surface area contributed by atoms with Crippen LogP contribution in [0.2, 0.25) is 0 Å². The molecule has 0 saturated carbocycles. The SMILES string of the molecule is Cn1cc(C(=O)Nc2nc3ccc(N)cc3s2)cn1. The fourth-order valence-corrected chi connectivity index (χ4v) is 2.61. The molecule has 7 heteroatoms. The molecule has 0 aliphatic rings. The van der Waals surface area contributed by atoms with Crippen molar-refractivity contribution in [1.29, 1.82) is 0 Å². The number of fused-ring (bicyclic) bond motifs is 1. The molecule has 3 N–H and O–H groups in total. The van der Waals surface area contributed by atoms with Crippen LogP contribution in [0.1, 0.15) is 10.4 Å². The molecule has 1 amide bonds. The van der Waals surface area contributed by atoms with Crippen molar-refractivity contribution < 1.29 is 4.79 Å². The number of aromatic nitrogens is 3. The first kappa shape index (κ1) is 11.7. The van der Waals surface area contributed by atoms with Gasteiger partial charge in [0.05, 0.1) is 22.0 Å². The summed E-state index contributed by atoms with van der Waals surface area (Å²) in [5, 5.41) is 7.26. The summed E-state index contributed by atoms with van der Waals surface area (Å²) in [5.74, 6) is -0.222. The fourth-order valence-electron chi connectivity index (χ4n) is 1.70. The van der Waals surface area contributed by atoms with Gasteiger partial charge in [-0.2, -0.15) is 5.10 Å². The minimum absolute atomic E-state index is 0.222. The molecule has 2 aromatic heterocycles. The van der Waals surface area contributed by atoms with E-state index in [1.54, 1.807) is 24.0 Å². The summed E-state index contributed by atoms with van der Waals surface area (Å²) >= 11 is 1.39. The smallest absolute Gasteiger partial charge is 0.260 e. The molecule has 0 spiro atoms. The van der Waals surface area contributed by atoms with Gasteiger partial charge in [0.25, 0.3) is 5.91 Å². The number of nitrogens with two attached hydrogens (primary N) is 1. The largest absolute Gasteiger partial charge is 0.399 e. The molecular weight excluding hydrogens is 262 g/mol. The van der Waals surface area contributed by atoms with Gasteiger partial charge in [-0.25, -0.2) is 4.98 Å². The lowest BCUT2D eigenvalue weighted by atomic mass is 10.3. The van der Waals surface area contributed by atoms with Crippen molar-refractivity contribution in [3.05, 3.63) is 36.2 Å². The molecule has 0 radical (unpaired) electrons. The summed E-state index contributed by atoms with van der Waals surface area (Å²) in [7, 11) is 1.76. The van der Waals surface area contributed by atoms with Gasteiger partial charge in [0.1, 0.15) is 0 Å². The summed E-state index contributed by atoms with van der Waals surface area (Å²) in [6, 6.07) is 5.46. The summed E-state index contributed by atoms with van der Waals surface area (Å²) in [5.41, 5.74) is 7.71. The lowest BCUT2D eigenvalue weighted by Gasteiger charge is -1.96. The normalized spacial score (nSPS) is 10.8. The van der Waals surface area contributed by atoms with Crippen LogP contribution in [0.15, 0.2) is 30.6 Å². The monoisotopic (exact) mass is 273 g/mol. The number of aryl methyl sites for hydroxylation is 1. The van der Waals surface area contributed by atoms with Crippen molar-refractivity contribution in [3.63, 3.8) is 0 Å². The molecule has 3 rings (SSSR count). The molecule has 0 aliphatic heterocycles. The van der Waals surface area contributed by atoms with Crippen molar-refractivity contribution in [1.82, 2.24) is 14.8 Å². The Labute approximate surface area is 112 Å². The Kier molecular flexibility index (Phi) is 2.68. The Morgan fingerprint density at radius 1 is 1.47 bits per heavy atom. The average molecular weight is 273 g/mol. The van der Waals surface area contributed by atoms with Crippen molar-refractivity contribution in [2.24, 2.45) is 7.05 Å². The standard InChI is InChI=1S/C12H11N5OS/c1-17-6-7(5-14-17)11(18)16-12-15-9-3-2-8(13)4-10(9)19-12/h2-6H,13H2,1H3,(H,15,16,18). The molecular formula is C12H11N5OS. The van der Waals surface area contributed by atoms with E-state index >= 15 is 0 Å². The predicted molar refractivity (Wildman–Crippen MR) is 75.2 cm³/mol.